The Morgan fingerprint density at radius 1 is 0.750 bits per heavy atom. The highest BCUT2D eigenvalue weighted by Crippen LogP contribution is 2.57. The van der Waals surface area contributed by atoms with Crippen LogP contribution in [0, 0.1) is 11.8 Å². The normalized spacial score (nSPS) is 23.8. The van der Waals surface area contributed by atoms with E-state index in [2.05, 4.69) is 0 Å². The van der Waals surface area contributed by atoms with E-state index in [1.165, 1.54) is 20.3 Å². The van der Waals surface area contributed by atoms with Crippen LogP contribution in [0.4, 0.5) is 5.69 Å². The molecule has 2 amide bonds. The fourth-order valence-electron chi connectivity index (χ4n) is 5.68. The van der Waals surface area contributed by atoms with E-state index in [9.17, 15) is 19.2 Å². The molecule has 8 nitrogen and oxygen atoms in total. The molecule has 6 rings (SSSR count). The largest absolute Gasteiger partial charge is 0.493 e. The number of carbonyl (C=O) groups excluding carboxylic acids is 4. The van der Waals surface area contributed by atoms with Crippen LogP contribution in [0.2, 0.25) is 0 Å². The summed E-state index contributed by atoms with van der Waals surface area (Å²) < 4.78 is 16.9. The van der Waals surface area contributed by atoms with Crippen LogP contribution in [0.15, 0.2) is 72.8 Å². The number of Topliss-reactive ketones (excluding diaryl/α,β-unsaturated/α-hetero) is 2. The average Bonchev–Trinajstić information content (AvgIpc) is 3.48. The van der Waals surface area contributed by atoms with E-state index in [-0.39, 0.29) is 16.8 Å². The van der Waals surface area contributed by atoms with Gasteiger partial charge in [0, 0.05) is 17.2 Å². The number of rotatable bonds is 4. The molecule has 0 aromatic heterocycles. The van der Waals surface area contributed by atoms with Crippen LogP contribution < -0.4 is 14.4 Å². The maximum Gasteiger partial charge on any atom is 0.241 e. The molecule has 180 valence electrons. The monoisotopic (exact) mass is 483 g/mol. The number of anilines is 1. The van der Waals surface area contributed by atoms with E-state index in [1.54, 1.807) is 60.7 Å². The van der Waals surface area contributed by atoms with E-state index < -0.39 is 46.9 Å². The average molecular weight is 483 g/mol. The van der Waals surface area contributed by atoms with E-state index >= 15 is 0 Å². The van der Waals surface area contributed by atoms with Crippen molar-refractivity contribution in [2.75, 3.05) is 19.1 Å². The molecule has 0 N–H and O–H groups in total. The van der Waals surface area contributed by atoms with E-state index in [0.29, 0.717) is 17.1 Å². The van der Waals surface area contributed by atoms with Crippen LogP contribution >= 0.6 is 0 Å². The molecule has 3 aromatic carbocycles. The van der Waals surface area contributed by atoms with Gasteiger partial charge < -0.3 is 14.2 Å². The van der Waals surface area contributed by atoms with Gasteiger partial charge in [-0.05, 0) is 17.7 Å². The van der Waals surface area contributed by atoms with Crippen LogP contribution in [-0.4, -0.2) is 43.2 Å². The Balaban J connectivity index is 1.52. The summed E-state index contributed by atoms with van der Waals surface area (Å²) >= 11 is 0. The Labute approximate surface area is 206 Å². The zero-order chi connectivity index (χ0) is 25.2. The number of amides is 2. The Kier molecular flexibility index (Phi) is 4.84. The first-order chi connectivity index (χ1) is 17.4. The number of ether oxygens (including phenoxy) is 3. The van der Waals surface area contributed by atoms with E-state index in [0.717, 1.165) is 4.90 Å². The summed E-state index contributed by atoms with van der Waals surface area (Å²) in [6, 6.07) is 20.0. The SMILES string of the molecule is COc1ccc(N2C(=O)[C@H]3[C@@H](c4ccccc4)OC4(C(=O)c5ccccc5C4=O)[C@H]3C2=O)cc1OC. The quantitative estimate of drug-likeness (QED) is 0.414. The molecule has 3 atom stereocenters. The molecule has 36 heavy (non-hydrogen) atoms. The standard InChI is InChI=1S/C28H21NO7/c1-34-19-13-12-16(14-20(19)35-2)29-26(32)21-22(27(29)33)28(36-23(21)15-8-4-3-5-9-15)24(30)17-10-6-7-11-18(17)25(28)31/h3-14,21-23H,1-2H3/t21-,22-,23-/m1/s1. The van der Waals surface area contributed by atoms with E-state index in [1.807, 2.05) is 6.07 Å². The van der Waals surface area contributed by atoms with Gasteiger partial charge >= 0.3 is 0 Å². The minimum atomic E-state index is -2.10. The molecule has 1 aliphatic carbocycles. The Bertz CT molecular complexity index is 1410. The predicted octanol–water partition coefficient (Wildman–Crippen LogP) is 3.40. The molecule has 2 saturated heterocycles. The lowest BCUT2D eigenvalue weighted by Crippen LogP contribution is -2.51. The van der Waals surface area contributed by atoms with Crippen LogP contribution in [0.25, 0.3) is 0 Å². The number of methoxy groups -OCH3 is 2. The Hall–Kier alpha value is -4.30. The lowest BCUT2D eigenvalue weighted by atomic mass is 9.77. The summed E-state index contributed by atoms with van der Waals surface area (Å²) in [5, 5.41) is 0. The van der Waals surface area contributed by atoms with Gasteiger partial charge in [0.1, 0.15) is 0 Å². The zero-order valence-corrected chi connectivity index (χ0v) is 19.5. The fraction of sp³-hybridized carbons (Fsp3) is 0.214. The minimum absolute atomic E-state index is 0.194. The number of ketones is 2. The lowest BCUT2D eigenvalue weighted by molar-refractivity contribution is -0.127. The third-order valence-electron chi connectivity index (χ3n) is 7.27. The van der Waals surface area contributed by atoms with Crippen molar-refractivity contribution < 1.29 is 33.4 Å². The third kappa shape index (κ3) is 2.73. The molecule has 0 saturated carbocycles. The molecule has 0 unspecified atom stereocenters. The summed E-state index contributed by atoms with van der Waals surface area (Å²) in [4.78, 5) is 56.4. The number of hydrogen-bond acceptors (Lipinski definition) is 7. The summed E-state index contributed by atoms with van der Waals surface area (Å²) in [7, 11) is 2.93. The van der Waals surface area contributed by atoms with Crippen LogP contribution in [0.3, 0.4) is 0 Å². The molecule has 2 fully saturated rings. The number of benzene rings is 3. The number of nitrogens with zero attached hydrogens (tertiary/aromatic N) is 1. The molecular formula is C28H21NO7. The van der Waals surface area contributed by atoms with Gasteiger partial charge in [-0.3, -0.25) is 19.2 Å². The second kappa shape index (κ2) is 7.86. The molecular weight excluding hydrogens is 462 g/mol. The second-order valence-electron chi connectivity index (χ2n) is 8.94. The first kappa shape index (κ1) is 22.2. The van der Waals surface area contributed by atoms with Gasteiger partial charge in [0.25, 0.3) is 0 Å². The van der Waals surface area contributed by atoms with Crippen LogP contribution in [0.5, 0.6) is 11.5 Å². The summed E-state index contributed by atoms with van der Waals surface area (Å²) in [5.41, 5.74) is -0.849. The summed E-state index contributed by atoms with van der Waals surface area (Å²) in [5.74, 6) is -3.99. The van der Waals surface area contributed by atoms with Crippen molar-refractivity contribution in [1.29, 1.82) is 0 Å². The molecule has 0 radical (unpaired) electrons. The van der Waals surface area contributed by atoms with Gasteiger partial charge in [-0.25, -0.2) is 4.90 Å². The second-order valence-corrected chi connectivity index (χ2v) is 8.94. The van der Waals surface area contributed by atoms with Gasteiger partial charge in [-0.15, -0.1) is 0 Å². The topological polar surface area (TPSA) is 99.2 Å². The van der Waals surface area contributed by atoms with Gasteiger partial charge in [-0.1, -0.05) is 54.6 Å². The van der Waals surface area contributed by atoms with Crippen molar-refractivity contribution in [2.24, 2.45) is 11.8 Å². The summed E-state index contributed by atoms with van der Waals surface area (Å²) in [6.45, 7) is 0. The number of hydrogen-bond donors (Lipinski definition) is 0. The summed E-state index contributed by atoms with van der Waals surface area (Å²) in [6.07, 6.45) is -0.958. The van der Waals surface area contributed by atoms with Crippen LogP contribution in [0.1, 0.15) is 32.4 Å². The molecule has 3 aromatic rings. The van der Waals surface area contributed by atoms with Crippen molar-refractivity contribution in [3.05, 3.63) is 89.5 Å². The van der Waals surface area contributed by atoms with Crippen molar-refractivity contribution in [3.8, 4) is 11.5 Å². The lowest BCUT2D eigenvalue weighted by Gasteiger charge is -2.27. The van der Waals surface area contributed by atoms with Crippen LogP contribution in [-0.2, 0) is 14.3 Å². The number of imide groups is 1. The molecule has 1 spiro atoms. The molecule has 2 heterocycles. The van der Waals surface area contributed by atoms with E-state index in [4.69, 9.17) is 14.2 Å². The van der Waals surface area contributed by atoms with Crippen molar-refractivity contribution in [2.45, 2.75) is 11.7 Å². The highest BCUT2D eigenvalue weighted by atomic mass is 16.5. The van der Waals surface area contributed by atoms with Crippen molar-refractivity contribution in [3.63, 3.8) is 0 Å². The fourth-order valence-corrected chi connectivity index (χ4v) is 5.68. The number of carbonyl (C=O) groups is 4. The third-order valence-corrected chi connectivity index (χ3v) is 7.27. The first-order valence-electron chi connectivity index (χ1n) is 11.4. The van der Waals surface area contributed by atoms with Crippen molar-refractivity contribution >= 4 is 29.1 Å². The molecule has 8 heteroatoms. The van der Waals surface area contributed by atoms with Gasteiger partial charge in [0.2, 0.25) is 29.0 Å². The Morgan fingerprint density at radius 3 is 1.97 bits per heavy atom. The van der Waals surface area contributed by atoms with Gasteiger partial charge in [0.05, 0.1) is 37.8 Å². The maximum absolute atomic E-state index is 14.0. The highest BCUT2D eigenvalue weighted by Gasteiger charge is 2.74. The maximum atomic E-state index is 14.0. The Morgan fingerprint density at radius 2 is 1.36 bits per heavy atom. The molecule has 3 aliphatic rings. The van der Waals surface area contributed by atoms with Gasteiger partial charge in [0.15, 0.2) is 11.5 Å². The zero-order valence-electron chi connectivity index (χ0n) is 19.5. The molecule has 2 aliphatic heterocycles. The minimum Gasteiger partial charge on any atom is -0.493 e. The smallest absolute Gasteiger partial charge is 0.241 e. The highest BCUT2D eigenvalue weighted by molar-refractivity contribution is 6.37. The first-order valence-corrected chi connectivity index (χ1v) is 11.4. The van der Waals surface area contributed by atoms with Crippen molar-refractivity contribution in [1.82, 2.24) is 0 Å². The molecule has 0 bridgehead atoms. The van der Waals surface area contributed by atoms with Gasteiger partial charge in [-0.2, -0.15) is 0 Å². The predicted molar refractivity (Wildman–Crippen MR) is 127 cm³/mol. The number of fused-ring (bicyclic) bond motifs is 3.